The van der Waals surface area contributed by atoms with E-state index in [1.807, 2.05) is 0 Å². The van der Waals surface area contributed by atoms with E-state index in [1.54, 1.807) is 0 Å². The Hall–Kier alpha value is -1.02. The summed E-state index contributed by atoms with van der Waals surface area (Å²) < 4.78 is 0. The third kappa shape index (κ3) is 2.69. The van der Waals surface area contributed by atoms with Gasteiger partial charge in [0, 0.05) is 12.2 Å². The molecule has 0 amide bonds. The summed E-state index contributed by atoms with van der Waals surface area (Å²) in [5.41, 5.74) is 9.81. The van der Waals surface area contributed by atoms with E-state index in [-0.39, 0.29) is 0 Å². The topological polar surface area (TPSA) is 29.3 Å². The first kappa shape index (κ1) is 12.0. The van der Waals surface area contributed by atoms with Gasteiger partial charge in [-0.25, -0.2) is 0 Å². The van der Waals surface area contributed by atoms with Crippen molar-refractivity contribution in [2.24, 2.45) is 5.92 Å². The maximum Gasteiger partial charge on any atom is 0.0316 e. The number of nitrogens with zero attached hydrogens (tertiary/aromatic N) is 1. The van der Waals surface area contributed by atoms with E-state index in [4.69, 9.17) is 5.73 Å². The van der Waals surface area contributed by atoms with Gasteiger partial charge in [0.05, 0.1) is 0 Å². The number of likely N-dealkylation sites (tertiary alicyclic amines) is 1. The fourth-order valence-electron chi connectivity index (χ4n) is 3.51. The zero-order valence-corrected chi connectivity index (χ0v) is 11.2. The van der Waals surface area contributed by atoms with Crippen molar-refractivity contribution in [3.05, 3.63) is 29.3 Å². The number of piperidine rings is 1. The Labute approximate surface area is 110 Å². The maximum atomic E-state index is 5.86. The molecule has 1 aromatic rings. The second-order valence-corrected chi connectivity index (χ2v) is 6.00. The highest BCUT2D eigenvalue weighted by atomic mass is 15.1. The average Bonchev–Trinajstić information content (AvgIpc) is 2.40. The molecule has 1 aliphatic carbocycles. The van der Waals surface area contributed by atoms with Crippen molar-refractivity contribution in [1.29, 1.82) is 0 Å². The molecule has 2 N–H and O–H groups in total. The Morgan fingerprint density at radius 3 is 2.78 bits per heavy atom. The molecule has 2 heteroatoms. The molecule has 0 bridgehead atoms. The van der Waals surface area contributed by atoms with Crippen molar-refractivity contribution in [3.63, 3.8) is 0 Å². The molecule has 1 fully saturated rings. The molecule has 1 aliphatic heterocycles. The summed E-state index contributed by atoms with van der Waals surface area (Å²) in [6, 6.07) is 6.47. The quantitative estimate of drug-likeness (QED) is 0.811. The molecular formula is C16H24N2. The molecule has 18 heavy (non-hydrogen) atoms. The third-order valence-electron chi connectivity index (χ3n) is 4.53. The number of benzene rings is 1. The summed E-state index contributed by atoms with van der Waals surface area (Å²) in [4.78, 5) is 2.68. The van der Waals surface area contributed by atoms with E-state index < -0.39 is 0 Å². The molecule has 2 nitrogen and oxygen atoms in total. The third-order valence-corrected chi connectivity index (χ3v) is 4.53. The van der Waals surface area contributed by atoms with Crippen LogP contribution in [0.3, 0.4) is 0 Å². The van der Waals surface area contributed by atoms with Gasteiger partial charge in [-0.1, -0.05) is 12.5 Å². The maximum absolute atomic E-state index is 5.86. The van der Waals surface area contributed by atoms with Crippen LogP contribution in [0.4, 0.5) is 5.69 Å². The number of nitrogen functional groups attached to an aromatic ring is 1. The van der Waals surface area contributed by atoms with Crippen molar-refractivity contribution in [3.8, 4) is 0 Å². The van der Waals surface area contributed by atoms with Gasteiger partial charge in [0.15, 0.2) is 0 Å². The van der Waals surface area contributed by atoms with Gasteiger partial charge >= 0.3 is 0 Å². The van der Waals surface area contributed by atoms with Crippen molar-refractivity contribution >= 4 is 5.69 Å². The molecule has 1 heterocycles. The van der Waals surface area contributed by atoms with Crippen molar-refractivity contribution in [2.75, 3.05) is 25.4 Å². The molecule has 1 unspecified atom stereocenters. The largest absolute Gasteiger partial charge is 0.399 e. The number of hydrogen-bond donors (Lipinski definition) is 1. The Morgan fingerprint density at radius 1 is 1.11 bits per heavy atom. The van der Waals surface area contributed by atoms with Crippen LogP contribution >= 0.6 is 0 Å². The first-order valence-corrected chi connectivity index (χ1v) is 7.41. The highest BCUT2D eigenvalue weighted by molar-refractivity contribution is 5.45. The number of rotatable bonds is 2. The average molecular weight is 244 g/mol. The highest BCUT2D eigenvalue weighted by Crippen LogP contribution is 2.28. The van der Waals surface area contributed by atoms with Gasteiger partial charge in [-0.3, -0.25) is 0 Å². The molecule has 1 aromatic carbocycles. The van der Waals surface area contributed by atoms with E-state index in [2.05, 4.69) is 23.1 Å². The van der Waals surface area contributed by atoms with Crippen LogP contribution < -0.4 is 5.73 Å². The molecule has 2 aliphatic rings. The van der Waals surface area contributed by atoms with Crippen LogP contribution in [0.15, 0.2) is 18.2 Å². The normalized spacial score (nSPS) is 24.8. The predicted octanol–water partition coefficient (Wildman–Crippen LogP) is 2.86. The van der Waals surface area contributed by atoms with E-state index in [0.717, 1.165) is 11.6 Å². The standard InChI is InChI=1S/C16H24N2/c17-16-7-6-14-10-13(4-5-15(14)11-16)12-18-8-2-1-3-9-18/h6-7,11,13H,1-5,8-10,12,17H2. The number of aryl methyl sites for hydroxylation is 1. The molecule has 0 spiro atoms. The van der Waals surface area contributed by atoms with Crippen LogP contribution in [0.25, 0.3) is 0 Å². The second kappa shape index (κ2) is 5.31. The van der Waals surface area contributed by atoms with Gasteiger partial charge in [-0.15, -0.1) is 0 Å². The van der Waals surface area contributed by atoms with Gasteiger partial charge in [-0.05, 0) is 74.4 Å². The van der Waals surface area contributed by atoms with Gasteiger partial charge in [0.2, 0.25) is 0 Å². The Balaban J connectivity index is 1.62. The monoisotopic (exact) mass is 244 g/mol. The zero-order valence-electron chi connectivity index (χ0n) is 11.2. The minimum absolute atomic E-state index is 0.860. The lowest BCUT2D eigenvalue weighted by Crippen LogP contribution is -2.36. The van der Waals surface area contributed by atoms with Gasteiger partial charge in [0.1, 0.15) is 0 Å². The minimum atomic E-state index is 0.860. The molecule has 0 saturated carbocycles. The Bertz CT molecular complexity index is 408. The molecule has 0 aromatic heterocycles. The number of anilines is 1. The van der Waals surface area contributed by atoms with Gasteiger partial charge < -0.3 is 10.6 Å². The minimum Gasteiger partial charge on any atom is -0.399 e. The van der Waals surface area contributed by atoms with Gasteiger partial charge in [0.25, 0.3) is 0 Å². The summed E-state index contributed by atoms with van der Waals surface area (Å²) in [6.07, 6.45) is 8.06. The lowest BCUT2D eigenvalue weighted by Gasteiger charge is -2.33. The number of nitrogens with two attached hydrogens (primary N) is 1. The first-order chi connectivity index (χ1) is 8.81. The zero-order chi connectivity index (χ0) is 12.4. The molecule has 0 radical (unpaired) electrons. The van der Waals surface area contributed by atoms with Crippen LogP contribution in [0.5, 0.6) is 0 Å². The van der Waals surface area contributed by atoms with Crippen LogP contribution in [0.1, 0.15) is 36.8 Å². The van der Waals surface area contributed by atoms with E-state index >= 15 is 0 Å². The van der Waals surface area contributed by atoms with Crippen LogP contribution in [0, 0.1) is 5.92 Å². The summed E-state index contributed by atoms with van der Waals surface area (Å²) >= 11 is 0. The lowest BCUT2D eigenvalue weighted by molar-refractivity contribution is 0.187. The molecular weight excluding hydrogens is 220 g/mol. The Morgan fingerprint density at radius 2 is 1.94 bits per heavy atom. The van der Waals surface area contributed by atoms with Crippen molar-refractivity contribution in [1.82, 2.24) is 4.90 Å². The summed E-state index contributed by atoms with van der Waals surface area (Å²) in [7, 11) is 0. The van der Waals surface area contributed by atoms with E-state index in [0.29, 0.717) is 0 Å². The van der Waals surface area contributed by atoms with Crippen LogP contribution in [0.2, 0.25) is 0 Å². The van der Waals surface area contributed by atoms with Crippen LogP contribution in [-0.4, -0.2) is 24.5 Å². The summed E-state index contributed by atoms with van der Waals surface area (Å²) in [6.45, 7) is 3.96. The fraction of sp³-hybridized carbons (Fsp3) is 0.625. The molecule has 1 saturated heterocycles. The lowest BCUT2D eigenvalue weighted by atomic mass is 9.83. The van der Waals surface area contributed by atoms with Crippen molar-refractivity contribution in [2.45, 2.75) is 38.5 Å². The highest BCUT2D eigenvalue weighted by Gasteiger charge is 2.21. The molecule has 1 atom stereocenters. The van der Waals surface area contributed by atoms with Gasteiger partial charge in [-0.2, -0.15) is 0 Å². The molecule has 98 valence electrons. The summed E-state index contributed by atoms with van der Waals surface area (Å²) in [5.74, 6) is 0.860. The summed E-state index contributed by atoms with van der Waals surface area (Å²) in [5, 5.41) is 0. The SMILES string of the molecule is Nc1ccc2c(c1)CCC(CN1CCCCC1)C2. The first-order valence-electron chi connectivity index (χ1n) is 7.41. The smallest absolute Gasteiger partial charge is 0.0316 e. The van der Waals surface area contributed by atoms with E-state index in [1.165, 1.54) is 69.3 Å². The van der Waals surface area contributed by atoms with Crippen molar-refractivity contribution < 1.29 is 0 Å². The number of fused-ring (bicyclic) bond motifs is 1. The van der Waals surface area contributed by atoms with Crippen LogP contribution in [-0.2, 0) is 12.8 Å². The Kier molecular flexibility index (Phi) is 3.55. The second-order valence-electron chi connectivity index (χ2n) is 6.00. The number of hydrogen-bond acceptors (Lipinski definition) is 2. The van der Waals surface area contributed by atoms with E-state index in [9.17, 15) is 0 Å². The molecule has 3 rings (SSSR count). The predicted molar refractivity (Wildman–Crippen MR) is 76.7 cm³/mol. The fourth-order valence-corrected chi connectivity index (χ4v) is 3.51.